The van der Waals surface area contributed by atoms with Gasteiger partial charge < -0.3 is 14.5 Å². The number of H-pyrrole nitrogens is 2. The van der Waals surface area contributed by atoms with Crippen LogP contribution in [-0.2, 0) is 0 Å². The molecule has 2 N–H and O–H groups in total. The van der Waals surface area contributed by atoms with E-state index in [1.165, 1.54) is 81.9 Å². The summed E-state index contributed by atoms with van der Waals surface area (Å²) in [5, 5.41) is 10.0. The standard InChI is InChI=1S/C34H21N3/c1-2-10-21-20(8-1)9-7-15-28(21)37-29-18-16-24-22-11-3-5-13-26(22)35-33(24)31(29)32-30(37)19-17-25-23-12-4-6-14-27(23)36-34(25)32/h1-19,35-36H. The van der Waals surface area contributed by atoms with E-state index >= 15 is 0 Å². The van der Waals surface area contributed by atoms with Crippen LogP contribution in [0.5, 0.6) is 0 Å². The SMILES string of the molecule is c1ccc2c(-n3c4ccc5c6ccccc6[nH]c5c4c4c5[nH]c6ccccc6c5ccc43)cccc2c1. The number of nitrogens with zero attached hydrogens (tertiary/aromatic N) is 1. The minimum absolute atomic E-state index is 1.17. The highest BCUT2D eigenvalue weighted by molar-refractivity contribution is 6.32. The number of aromatic amines is 2. The Balaban J connectivity index is 1.58. The first kappa shape index (κ1) is 19.2. The molecule has 3 heterocycles. The molecule has 0 unspecified atom stereocenters. The van der Waals surface area contributed by atoms with Crippen LogP contribution in [0.1, 0.15) is 0 Å². The van der Waals surface area contributed by atoms with Gasteiger partial charge in [0, 0.05) is 48.7 Å². The van der Waals surface area contributed by atoms with E-state index in [0.29, 0.717) is 0 Å². The van der Waals surface area contributed by atoms with E-state index in [2.05, 4.69) is 130 Å². The predicted octanol–water partition coefficient (Wildman–Crippen LogP) is 9.21. The van der Waals surface area contributed by atoms with Crippen molar-refractivity contribution < 1.29 is 0 Å². The Morgan fingerprint density at radius 2 is 0.919 bits per heavy atom. The molecule has 0 radical (unpaired) electrons. The van der Waals surface area contributed by atoms with Crippen molar-refractivity contribution in [1.82, 2.24) is 14.5 Å². The van der Waals surface area contributed by atoms with Crippen molar-refractivity contribution in [3.63, 3.8) is 0 Å². The van der Waals surface area contributed by atoms with Crippen LogP contribution in [0.4, 0.5) is 0 Å². The second-order valence-electron chi connectivity index (χ2n) is 9.94. The summed E-state index contributed by atoms with van der Waals surface area (Å²) in [6, 6.07) is 41.6. The molecule has 0 amide bonds. The highest BCUT2D eigenvalue weighted by Gasteiger charge is 2.21. The Labute approximate surface area is 211 Å². The number of nitrogens with one attached hydrogen (secondary N) is 2. The summed E-state index contributed by atoms with van der Waals surface area (Å²) in [4.78, 5) is 7.57. The summed E-state index contributed by atoms with van der Waals surface area (Å²) in [6.45, 7) is 0. The predicted molar refractivity (Wildman–Crippen MR) is 157 cm³/mol. The molecule has 9 rings (SSSR count). The van der Waals surface area contributed by atoms with Crippen LogP contribution in [0.3, 0.4) is 0 Å². The molecule has 9 aromatic rings. The lowest BCUT2D eigenvalue weighted by atomic mass is 10.1. The fourth-order valence-electron chi connectivity index (χ4n) is 6.49. The van der Waals surface area contributed by atoms with Crippen LogP contribution < -0.4 is 0 Å². The summed E-state index contributed by atoms with van der Waals surface area (Å²) < 4.78 is 2.45. The van der Waals surface area contributed by atoms with Crippen molar-refractivity contribution in [2.24, 2.45) is 0 Å². The van der Waals surface area contributed by atoms with E-state index in [-0.39, 0.29) is 0 Å². The van der Waals surface area contributed by atoms with Gasteiger partial charge in [0.15, 0.2) is 0 Å². The van der Waals surface area contributed by atoms with Gasteiger partial charge in [-0.25, -0.2) is 0 Å². The highest BCUT2D eigenvalue weighted by Crippen LogP contribution is 2.43. The Bertz CT molecular complexity index is 2230. The Morgan fingerprint density at radius 1 is 0.405 bits per heavy atom. The first-order valence-electron chi connectivity index (χ1n) is 12.7. The van der Waals surface area contributed by atoms with Crippen LogP contribution in [0, 0.1) is 0 Å². The molecular weight excluding hydrogens is 450 g/mol. The van der Waals surface area contributed by atoms with Gasteiger partial charge in [-0.15, -0.1) is 0 Å². The second kappa shape index (κ2) is 6.80. The zero-order chi connectivity index (χ0) is 24.1. The van der Waals surface area contributed by atoms with Crippen LogP contribution in [0.15, 0.2) is 115 Å². The normalized spacial score (nSPS) is 12.3. The second-order valence-corrected chi connectivity index (χ2v) is 9.94. The summed E-state index contributed by atoms with van der Waals surface area (Å²) in [5.41, 5.74) is 8.32. The van der Waals surface area contributed by atoms with Crippen LogP contribution in [0.2, 0.25) is 0 Å². The number of rotatable bonds is 1. The van der Waals surface area contributed by atoms with Gasteiger partial charge >= 0.3 is 0 Å². The molecule has 6 aromatic carbocycles. The quantitative estimate of drug-likeness (QED) is 0.239. The zero-order valence-corrected chi connectivity index (χ0v) is 19.9. The van der Waals surface area contributed by atoms with Gasteiger partial charge in [-0.05, 0) is 35.7 Å². The van der Waals surface area contributed by atoms with Crippen LogP contribution >= 0.6 is 0 Å². The van der Waals surface area contributed by atoms with E-state index in [1.54, 1.807) is 0 Å². The molecule has 0 bridgehead atoms. The van der Waals surface area contributed by atoms with Crippen LogP contribution in [-0.4, -0.2) is 14.5 Å². The minimum Gasteiger partial charge on any atom is -0.354 e. The summed E-state index contributed by atoms with van der Waals surface area (Å²) >= 11 is 0. The van der Waals surface area contributed by atoms with Gasteiger partial charge in [0.1, 0.15) is 0 Å². The van der Waals surface area contributed by atoms with Crippen molar-refractivity contribution in [3.8, 4) is 5.69 Å². The van der Waals surface area contributed by atoms with E-state index in [9.17, 15) is 0 Å². The molecule has 172 valence electrons. The van der Waals surface area contributed by atoms with Crippen molar-refractivity contribution in [2.75, 3.05) is 0 Å². The molecule has 0 aliphatic rings. The first-order chi connectivity index (χ1) is 18.4. The third-order valence-electron chi connectivity index (χ3n) is 8.06. The largest absolute Gasteiger partial charge is 0.354 e. The fourth-order valence-corrected chi connectivity index (χ4v) is 6.49. The molecule has 0 saturated heterocycles. The molecule has 37 heavy (non-hydrogen) atoms. The lowest BCUT2D eigenvalue weighted by molar-refractivity contribution is 1.20. The zero-order valence-electron chi connectivity index (χ0n) is 19.9. The van der Waals surface area contributed by atoms with Gasteiger partial charge in [-0.2, -0.15) is 0 Å². The average molecular weight is 472 g/mol. The third kappa shape index (κ3) is 2.41. The molecule has 0 saturated carbocycles. The Hall–Kier alpha value is -5.02. The molecule has 3 nitrogen and oxygen atoms in total. The molecule has 0 atom stereocenters. The lowest BCUT2D eigenvalue weighted by Gasteiger charge is -2.11. The molecule has 0 aliphatic heterocycles. The van der Waals surface area contributed by atoms with Crippen LogP contribution in [0.25, 0.3) is 81.9 Å². The van der Waals surface area contributed by atoms with E-state index in [0.717, 1.165) is 0 Å². The van der Waals surface area contributed by atoms with Crippen molar-refractivity contribution in [2.45, 2.75) is 0 Å². The van der Waals surface area contributed by atoms with E-state index in [1.807, 2.05) is 0 Å². The van der Waals surface area contributed by atoms with E-state index in [4.69, 9.17) is 0 Å². The number of para-hydroxylation sites is 2. The minimum atomic E-state index is 1.17. The number of benzene rings is 6. The molecule has 0 fully saturated rings. The Kier molecular flexibility index (Phi) is 3.53. The van der Waals surface area contributed by atoms with Crippen molar-refractivity contribution in [1.29, 1.82) is 0 Å². The molecule has 3 heteroatoms. The van der Waals surface area contributed by atoms with Gasteiger partial charge in [0.05, 0.1) is 27.8 Å². The maximum atomic E-state index is 3.79. The third-order valence-corrected chi connectivity index (χ3v) is 8.06. The van der Waals surface area contributed by atoms with Gasteiger partial charge in [-0.1, -0.05) is 84.9 Å². The van der Waals surface area contributed by atoms with E-state index < -0.39 is 0 Å². The number of hydrogen-bond donors (Lipinski definition) is 2. The first-order valence-corrected chi connectivity index (χ1v) is 12.7. The monoisotopic (exact) mass is 471 g/mol. The molecule has 3 aromatic heterocycles. The molecular formula is C34H21N3. The lowest BCUT2D eigenvalue weighted by Crippen LogP contribution is -1.95. The Morgan fingerprint density at radius 3 is 1.54 bits per heavy atom. The summed E-state index contributed by atoms with van der Waals surface area (Å²) in [7, 11) is 0. The molecule has 0 aliphatic carbocycles. The van der Waals surface area contributed by atoms with Crippen molar-refractivity contribution in [3.05, 3.63) is 115 Å². The smallest absolute Gasteiger partial charge is 0.0567 e. The van der Waals surface area contributed by atoms with Gasteiger partial charge in [0.2, 0.25) is 0 Å². The number of fused-ring (bicyclic) bond motifs is 12. The topological polar surface area (TPSA) is 36.5 Å². The average Bonchev–Trinajstić information content (AvgIpc) is 3.61. The highest BCUT2D eigenvalue weighted by atomic mass is 15.0. The maximum Gasteiger partial charge on any atom is 0.0567 e. The molecule has 0 spiro atoms. The number of hydrogen-bond acceptors (Lipinski definition) is 0. The van der Waals surface area contributed by atoms with Crippen molar-refractivity contribution >= 4 is 76.2 Å². The number of aromatic nitrogens is 3. The van der Waals surface area contributed by atoms with Gasteiger partial charge in [-0.3, -0.25) is 0 Å². The van der Waals surface area contributed by atoms with Gasteiger partial charge in [0.25, 0.3) is 0 Å². The fraction of sp³-hybridized carbons (Fsp3) is 0. The summed E-state index contributed by atoms with van der Waals surface area (Å²) in [6.07, 6.45) is 0. The summed E-state index contributed by atoms with van der Waals surface area (Å²) in [5.74, 6) is 0. The maximum absolute atomic E-state index is 3.79.